The van der Waals surface area contributed by atoms with Gasteiger partial charge < -0.3 is 15.2 Å². The Labute approximate surface area is 114 Å². The Morgan fingerprint density at radius 3 is 2.61 bits per heavy atom. The number of halogens is 1. The summed E-state index contributed by atoms with van der Waals surface area (Å²) in [5, 5.41) is 0. The van der Waals surface area contributed by atoms with E-state index in [0.29, 0.717) is 18.9 Å². The van der Waals surface area contributed by atoms with Gasteiger partial charge in [0.2, 0.25) is 0 Å². The highest BCUT2D eigenvalue weighted by Crippen LogP contribution is 2.18. The molecule has 0 aliphatic heterocycles. The number of rotatable bonds is 6. The zero-order chi connectivity index (χ0) is 12.7. The van der Waals surface area contributed by atoms with Gasteiger partial charge in [0.15, 0.2) is 0 Å². The molecule has 0 radical (unpaired) electrons. The molecule has 1 aromatic rings. The lowest BCUT2D eigenvalue weighted by molar-refractivity contribution is -0.146. The monoisotopic (exact) mass is 273 g/mol. The quantitative estimate of drug-likeness (QED) is 0.805. The second kappa shape index (κ2) is 8.78. The SMILES string of the molecule is CC(C)OC(=O)Cc1ccccc1OCCN.Cl. The van der Waals surface area contributed by atoms with Crippen LogP contribution in [0.2, 0.25) is 0 Å². The first kappa shape index (κ1) is 16.7. The minimum Gasteiger partial charge on any atom is -0.492 e. The predicted octanol–water partition coefficient (Wildman–Crippen LogP) is 1.94. The summed E-state index contributed by atoms with van der Waals surface area (Å²) in [6.07, 6.45) is 0.124. The molecule has 1 aromatic carbocycles. The molecule has 5 heteroatoms. The molecule has 0 spiro atoms. The second-order valence-corrected chi connectivity index (χ2v) is 3.96. The van der Waals surface area contributed by atoms with E-state index in [-0.39, 0.29) is 30.9 Å². The molecule has 2 N–H and O–H groups in total. The topological polar surface area (TPSA) is 61.5 Å². The number of carbonyl (C=O) groups excluding carboxylic acids is 1. The Morgan fingerprint density at radius 1 is 1.33 bits per heavy atom. The Hall–Kier alpha value is -1.26. The fourth-order valence-corrected chi connectivity index (χ4v) is 1.42. The molecular formula is C13H20ClNO3. The van der Waals surface area contributed by atoms with Gasteiger partial charge in [-0.1, -0.05) is 18.2 Å². The number of ether oxygens (including phenoxy) is 2. The molecule has 0 amide bonds. The number of para-hydroxylation sites is 1. The summed E-state index contributed by atoms with van der Waals surface area (Å²) in [4.78, 5) is 11.5. The molecule has 1 rings (SSSR count). The van der Waals surface area contributed by atoms with Crippen molar-refractivity contribution in [3.8, 4) is 5.75 Å². The number of esters is 1. The van der Waals surface area contributed by atoms with Gasteiger partial charge in [-0.2, -0.15) is 0 Å². The first-order valence-electron chi connectivity index (χ1n) is 5.73. The van der Waals surface area contributed by atoms with E-state index >= 15 is 0 Å². The van der Waals surface area contributed by atoms with Crippen LogP contribution in [0.3, 0.4) is 0 Å². The summed E-state index contributed by atoms with van der Waals surface area (Å²) in [5.41, 5.74) is 6.20. The van der Waals surface area contributed by atoms with E-state index in [0.717, 1.165) is 5.56 Å². The summed E-state index contributed by atoms with van der Waals surface area (Å²) in [6, 6.07) is 7.41. The van der Waals surface area contributed by atoms with Gasteiger partial charge in [0.05, 0.1) is 12.5 Å². The van der Waals surface area contributed by atoms with Crippen LogP contribution in [-0.2, 0) is 16.0 Å². The van der Waals surface area contributed by atoms with Crippen molar-refractivity contribution in [1.29, 1.82) is 0 Å². The first-order chi connectivity index (χ1) is 8.13. The number of nitrogens with two attached hydrogens (primary N) is 1. The van der Waals surface area contributed by atoms with Crippen LogP contribution in [0, 0.1) is 0 Å². The molecule has 102 valence electrons. The third-order valence-corrected chi connectivity index (χ3v) is 2.05. The minimum atomic E-state index is -0.246. The van der Waals surface area contributed by atoms with E-state index < -0.39 is 0 Å². The van der Waals surface area contributed by atoms with Crippen molar-refractivity contribution in [3.05, 3.63) is 29.8 Å². The summed E-state index contributed by atoms with van der Waals surface area (Å²) in [5.74, 6) is 0.447. The average molecular weight is 274 g/mol. The van der Waals surface area contributed by atoms with E-state index in [2.05, 4.69) is 0 Å². The van der Waals surface area contributed by atoms with Crippen LogP contribution < -0.4 is 10.5 Å². The van der Waals surface area contributed by atoms with Gasteiger partial charge in [0, 0.05) is 12.1 Å². The van der Waals surface area contributed by atoms with Gasteiger partial charge in [-0.05, 0) is 19.9 Å². The highest BCUT2D eigenvalue weighted by Gasteiger charge is 2.10. The molecule has 0 fully saturated rings. The molecule has 0 heterocycles. The molecule has 0 bridgehead atoms. The minimum absolute atomic E-state index is 0. The maximum atomic E-state index is 11.5. The van der Waals surface area contributed by atoms with E-state index in [4.69, 9.17) is 15.2 Å². The van der Waals surface area contributed by atoms with Crippen LogP contribution in [-0.4, -0.2) is 25.2 Å². The zero-order valence-electron chi connectivity index (χ0n) is 10.7. The summed E-state index contributed by atoms with van der Waals surface area (Å²) in [6.45, 7) is 4.55. The Morgan fingerprint density at radius 2 is 2.00 bits per heavy atom. The zero-order valence-corrected chi connectivity index (χ0v) is 11.5. The number of hydrogen-bond acceptors (Lipinski definition) is 4. The fourth-order valence-electron chi connectivity index (χ4n) is 1.42. The van der Waals surface area contributed by atoms with Gasteiger partial charge >= 0.3 is 5.97 Å². The lowest BCUT2D eigenvalue weighted by atomic mass is 10.1. The van der Waals surface area contributed by atoms with Crippen LogP contribution in [0.4, 0.5) is 0 Å². The molecule has 0 unspecified atom stereocenters. The highest BCUT2D eigenvalue weighted by atomic mass is 35.5. The highest BCUT2D eigenvalue weighted by molar-refractivity contribution is 5.85. The van der Waals surface area contributed by atoms with Crippen molar-refractivity contribution >= 4 is 18.4 Å². The van der Waals surface area contributed by atoms with E-state index in [1.54, 1.807) is 0 Å². The van der Waals surface area contributed by atoms with Crippen molar-refractivity contribution in [1.82, 2.24) is 0 Å². The van der Waals surface area contributed by atoms with E-state index in [9.17, 15) is 4.79 Å². The molecule has 0 aromatic heterocycles. The molecule has 0 atom stereocenters. The third kappa shape index (κ3) is 5.89. The van der Waals surface area contributed by atoms with E-state index in [1.807, 2.05) is 38.1 Å². The molecule has 0 saturated carbocycles. The van der Waals surface area contributed by atoms with Gasteiger partial charge in [0.1, 0.15) is 12.4 Å². The maximum Gasteiger partial charge on any atom is 0.310 e. The summed E-state index contributed by atoms with van der Waals surface area (Å²) < 4.78 is 10.6. The molecular weight excluding hydrogens is 254 g/mol. The predicted molar refractivity (Wildman–Crippen MR) is 73.2 cm³/mol. The lowest BCUT2D eigenvalue weighted by Crippen LogP contribution is -2.15. The summed E-state index contributed by atoms with van der Waals surface area (Å²) >= 11 is 0. The lowest BCUT2D eigenvalue weighted by Gasteiger charge is -2.11. The number of benzene rings is 1. The van der Waals surface area contributed by atoms with Crippen LogP contribution in [0.5, 0.6) is 5.75 Å². The van der Waals surface area contributed by atoms with Gasteiger partial charge in [0.25, 0.3) is 0 Å². The second-order valence-electron chi connectivity index (χ2n) is 3.96. The Kier molecular flexibility index (Phi) is 8.16. The van der Waals surface area contributed by atoms with Crippen LogP contribution in [0.25, 0.3) is 0 Å². The van der Waals surface area contributed by atoms with Gasteiger partial charge in [-0.15, -0.1) is 12.4 Å². The molecule has 0 aliphatic carbocycles. The van der Waals surface area contributed by atoms with Crippen molar-refractivity contribution in [2.75, 3.05) is 13.2 Å². The van der Waals surface area contributed by atoms with Gasteiger partial charge in [-0.25, -0.2) is 0 Å². The first-order valence-corrected chi connectivity index (χ1v) is 5.73. The van der Waals surface area contributed by atoms with E-state index in [1.165, 1.54) is 0 Å². The van der Waals surface area contributed by atoms with Crippen molar-refractivity contribution in [2.24, 2.45) is 5.73 Å². The number of hydrogen-bond donors (Lipinski definition) is 1. The Balaban J connectivity index is 0.00000289. The fraction of sp³-hybridized carbons (Fsp3) is 0.462. The molecule has 0 saturated heterocycles. The average Bonchev–Trinajstić information content (AvgIpc) is 2.26. The number of carbonyl (C=O) groups is 1. The molecule has 4 nitrogen and oxygen atoms in total. The van der Waals surface area contributed by atoms with Crippen LogP contribution >= 0.6 is 12.4 Å². The standard InChI is InChI=1S/C13H19NO3.ClH/c1-10(2)17-13(15)9-11-5-3-4-6-12(11)16-8-7-14;/h3-6,10H,7-9,14H2,1-2H3;1H. The molecule has 0 aliphatic rings. The normalized spacial score (nSPS) is 9.78. The summed E-state index contributed by atoms with van der Waals surface area (Å²) in [7, 11) is 0. The largest absolute Gasteiger partial charge is 0.492 e. The molecule has 18 heavy (non-hydrogen) atoms. The Bertz CT molecular complexity index is 369. The van der Waals surface area contributed by atoms with Crippen molar-refractivity contribution < 1.29 is 14.3 Å². The van der Waals surface area contributed by atoms with Gasteiger partial charge in [-0.3, -0.25) is 4.79 Å². The van der Waals surface area contributed by atoms with Crippen LogP contribution in [0.1, 0.15) is 19.4 Å². The van der Waals surface area contributed by atoms with Crippen molar-refractivity contribution in [2.45, 2.75) is 26.4 Å². The maximum absolute atomic E-state index is 11.5. The van der Waals surface area contributed by atoms with Crippen LogP contribution in [0.15, 0.2) is 24.3 Å². The smallest absolute Gasteiger partial charge is 0.310 e. The third-order valence-electron chi connectivity index (χ3n) is 2.05. The van der Waals surface area contributed by atoms with Crippen molar-refractivity contribution in [3.63, 3.8) is 0 Å².